The average Bonchev–Trinajstić information content (AvgIpc) is 2.90. The van der Waals surface area contributed by atoms with Gasteiger partial charge in [-0.25, -0.2) is 14.4 Å². The van der Waals surface area contributed by atoms with Gasteiger partial charge < -0.3 is 20.7 Å². The fourth-order valence-corrected chi connectivity index (χ4v) is 5.30. The number of nitrogens with one attached hydrogen (secondary N) is 1. The quantitative estimate of drug-likeness (QED) is 0.168. The molecule has 216 valence electrons. The molecule has 0 aliphatic heterocycles. The first kappa shape index (κ1) is 32.9. The van der Waals surface area contributed by atoms with Gasteiger partial charge in [0, 0.05) is 31.3 Å². The molecule has 0 fully saturated rings. The molecule has 1 heterocycles. The van der Waals surface area contributed by atoms with Crippen molar-refractivity contribution < 1.29 is 33.4 Å². The number of hydrogen-bond acceptors (Lipinski definition) is 11. The standard InChI is InChI=1S/C25H37N4O8PS/c1-18(29-11-10-22(26)28-24(29)33)14-20(31)21(35-4)16-37-38(34,27-15-19-8-6-5-7-9-19)36-12-13-39-23(32)25(2,3)17-30/h5-11,14,20-21,30-31H,12-13,15-17H2,1-4H3,(H,27,34)(H2,26,28,33)/b18-14+/t20-,21?,38?/m1/s1. The number of hydrogen-bond donors (Lipinski definition) is 4. The highest BCUT2D eigenvalue weighted by molar-refractivity contribution is 8.13. The van der Waals surface area contributed by atoms with E-state index in [-0.39, 0.29) is 43.1 Å². The number of rotatable bonds is 16. The predicted octanol–water partition coefficient (Wildman–Crippen LogP) is 2.27. The van der Waals surface area contributed by atoms with Crippen LogP contribution in [0.25, 0.3) is 5.70 Å². The molecule has 1 aromatic heterocycles. The molecule has 2 rings (SSSR count). The molecule has 2 unspecified atom stereocenters. The first-order valence-electron chi connectivity index (χ1n) is 12.1. The van der Waals surface area contributed by atoms with Crippen molar-refractivity contribution in [1.29, 1.82) is 0 Å². The minimum absolute atomic E-state index is 0.0754. The third-order valence-corrected chi connectivity index (χ3v) is 8.30. The van der Waals surface area contributed by atoms with Gasteiger partial charge in [0.15, 0.2) is 5.12 Å². The Morgan fingerprint density at radius 1 is 1.28 bits per heavy atom. The van der Waals surface area contributed by atoms with Gasteiger partial charge in [-0.15, -0.1) is 0 Å². The molecule has 0 amide bonds. The second-order valence-electron chi connectivity index (χ2n) is 9.20. The summed E-state index contributed by atoms with van der Waals surface area (Å²) in [6.45, 7) is 4.34. The fraction of sp³-hybridized carbons (Fsp3) is 0.480. The van der Waals surface area contributed by atoms with Crippen LogP contribution in [0.2, 0.25) is 0 Å². The highest BCUT2D eigenvalue weighted by Gasteiger charge is 2.30. The molecule has 0 aliphatic rings. The van der Waals surface area contributed by atoms with E-state index in [1.807, 2.05) is 30.3 Å². The largest absolute Gasteiger partial charge is 0.405 e. The van der Waals surface area contributed by atoms with Crippen molar-refractivity contribution in [2.24, 2.45) is 5.41 Å². The minimum Gasteiger partial charge on any atom is -0.395 e. The van der Waals surface area contributed by atoms with Crippen LogP contribution in [0.5, 0.6) is 0 Å². The van der Waals surface area contributed by atoms with E-state index in [1.54, 1.807) is 20.8 Å². The van der Waals surface area contributed by atoms with Crippen LogP contribution < -0.4 is 16.5 Å². The van der Waals surface area contributed by atoms with Gasteiger partial charge in [0.1, 0.15) is 18.0 Å². The first-order chi connectivity index (χ1) is 18.4. The van der Waals surface area contributed by atoms with Gasteiger partial charge in [0.05, 0.1) is 25.2 Å². The second-order valence-corrected chi connectivity index (χ2v) is 12.1. The smallest absolute Gasteiger partial charge is 0.395 e. The van der Waals surface area contributed by atoms with Crippen LogP contribution in [-0.2, 0) is 29.7 Å². The van der Waals surface area contributed by atoms with E-state index in [1.165, 1.54) is 30.0 Å². The molecule has 12 nitrogen and oxygen atoms in total. The van der Waals surface area contributed by atoms with Crippen LogP contribution in [0.4, 0.5) is 5.82 Å². The number of aliphatic hydroxyl groups is 2. The minimum atomic E-state index is -3.92. The monoisotopic (exact) mass is 584 g/mol. The zero-order chi connectivity index (χ0) is 29.1. The van der Waals surface area contributed by atoms with Crippen LogP contribution >= 0.6 is 19.5 Å². The molecule has 0 saturated carbocycles. The third-order valence-electron chi connectivity index (χ3n) is 5.55. The highest BCUT2D eigenvalue weighted by atomic mass is 32.2. The summed E-state index contributed by atoms with van der Waals surface area (Å²) in [4.78, 5) is 28.0. The van der Waals surface area contributed by atoms with Gasteiger partial charge in [-0.2, -0.15) is 4.98 Å². The second kappa shape index (κ2) is 15.4. The fourth-order valence-electron chi connectivity index (χ4n) is 3.06. The van der Waals surface area contributed by atoms with Gasteiger partial charge in [-0.05, 0) is 38.5 Å². The van der Waals surface area contributed by atoms with E-state index < -0.39 is 31.1 Å². The molecule has 5 N–H and O–H groups in total. The number of methoxy groups -OCH3 is 1. The van der Waals surface area contributed by atoms with Crippen molar-refractivity contribution in [3.05, 3.63) is 64.7 Å². The molecule has 0 spiro atoms. The van der Waals surface area contributed by atoms with Gasteiger partial charge >= 0.3 is 13.4 Å². The number of nitrogen functional groups attached to an aromatic ring is 1. The topological polar surface area (TPSA) is 175 Å². The number of nitrogens with two attached hydrogens (primary N) is 1. The van der Waals surface area contributed by atoms with Crippen LogP contribution in [0, 0.1) is 5.41 Å². The highest BCUT2D eigenvalue weighted by Crippen LogP contribution is 2.44. The number of aliphatic hydroxyl groups excluding tert-OH is 2. The number of thioether (sulfide) groups is 1. The molecule has 0 radical (unpaired) electrons. The SMILES string of the molecule is COC(COP(=O)(NCc1ccccc1)OCCSC(=O)C(C)(C)CO)[C@H](O)/C=C(\C)n1ccc(N)nc1=O. The molecule has 39 heavy (non-hydrogen) atoms. The number of allylic oxidation sites excluding steroid dienone is 1. The Morgan fingerprint density at radius 3 is 2.59 bits per heavy atom. The predicted molar refractivity (Wildman–Crippen MR) is 151 cm³/mol. The van der Waals surface area contributed by atoms with E-state index in [0.29, 0.717) is 5.70 Å². The normalized spacial score (nSPS) is 15.5. The Kier molecular flexibility index (Phi) is 13.0. The zero-order valence-corrected chi connectivity index (χ0v) is 24.2. The first-order valence-corrected chi connectivity index (χ1v) is 14.6. The summed E-state index contributed by atoms with van der Waals surface area (Å²) >= 11 is 0.962. The average molecular weight is 585 g/mol. The van der Waals surface area contributed by atoms with E-state index in [2.05, 4.69) is 10.1 Å². The number of carbonyl (C=O) groups is 1. The lowest BCUT2D eigenvalue weighted by Crippen LogP contribution is -2.33. The molecule has 3 atom stereocenters. The summed E-state index contributed by atoms with van der Waals surface area (Å²) in [6, 6.07) is 10.7. The van der Waals surface area contributed by atoms with Gasteiger partial charge in [-0.3, -0.25) is 18.4 Å². The molecule has 14 heteroatoms. The Morgan fingerprint density at radius 2 is 1.97 bits per heavy atom. The van der Waals surface area contributed by atoms with Crippen LogP contribution in [-0.4, -0.2) is 69.8 Å². The number of anilines is 1. The third kappa shape index (κ3) is 10.6. The van der Waals surface area contributed by atoms with Crippen molar-refractivity contribution in [2.45, 2.75) is 39.5 Å². The van der Waals surface area contributed by atoms with Crippen LogP contribution in [0.1, 0.15) is 26.3 Å². The lowest BCUT2D eigenvalue weighted by Gasteiger charge is -2.24. The van der Waals surface area contributed by atoms with E-state index in [4.69, 9.17) is 19.5 Å². The lowest BCUT2D eigenvalue weighted by molar-refractivity contribution is -0.119. The van der Waals surface area contributed by atoms with E-state index >= 15 is 0 Å². The molecule has 2 aromatic rings. The number of aromatic nitrogens is 2. The zero-order valence-electron chi connectivity index (χ0n) is 22.5. The maximum absolute atomic E-state index is 13.5. The summed E-state index contributed by atoms with van der Waals surface area (Å²) in [5.41, 5.74) is 5.22. The Balaban J connectivity index is 2.08. The summed E-state index contributed by atoms with van der Waals surface area (Å²) in [5.74, 6) is 0.261. The Labute approximate surface area is 232 Å². The number of carbonyl (C=O) groups excluding carboxylic acids is 1. The van der Waals surface area contributed by atoms with Crippen molar-refractivity contribution in [3.63, 3.8) is 0 Å². The molecule has 0 aliphatic carbocycles. The molecule has 1 aromatic carbocycles. The van der Waals surface area contributed by atoms with Gasteiger partial charge in [0.25, 0.3) is 0 Å². The Bertz CT molecular complexity index is 1210. The van der Waals surface area contributed by atoms with Crippen LogP contribution in [0.15, 0.2) is 53.5 Å². The summed E-state index contributed by atoms with van der Waals surface area (Å²) in [6.07, 6.45) is 0.609. The van der Waals surface area contributed by atoms with Crippen LogP contribution in [0.3, 0.4) is 0 Å². The van der Waals surface area contributed by atoms with E-state index in [0.717, 1.165) is 17.3 Å². The summed E-state index contributed by atoms with van der Waals surface area (Å²) < 4.78 is 31.3. The van der Waals surface area contributed by atoms with Crippen molar-refractivity contribution in [3.8, 4) is 0 Å². The van der Waals surface area contributed by atoms with Crippen molar-refractivity contribution in [1.82, 2.24) is 14.6 Å². The number of ether oxygens (including phenoxy) is 1. The maximum Gasteiger partial charge on any atom is 0.405 e. The molecular weight excluding hydrogens is 547 g/mol. The lowest BCUT2D eigenvalue weighted by atomic mass is 9.97. The van der Waals surface area contributed by atoms with Gasteiger partial charge in [0.2, 0.25) is 0 Å². The Hall–Kier alpha value is -2.35. The van der Waals surface area contributed by atoms with Crippen molar-refractivity contribution in [2.75, 3.05) is 38.4 Å². The van der Waals surface area contributed by atoms with E-state index in [9.17, 15) is 24.4 Å². The molecular formula is C25H37N4O8PS. The molecule has 0 saturated heterocycles. The van der Waals surface area contributed by atoms with Crippen molar-refractivity contribution >= 4 is 36.1 Å². The summed E-state index contributed by atoms with van der Waals surface area (Å²) in [5, 5.41) is 22.7. The van der Waals surface area contributed by atoms with Gasteiger partial charge in [-0.1, -0.05) is 42.1 Å². The maximum atomic E-state index is 13.5. The summed E-state index contributed by atoms with van der Waals surface area (Å²) in [7, 11) is -2.57. The number of nitrogens with zero attached hydrogens (tertiary/aromatic N) is 2. The number of benzene rings is 1. The molecule has 0 bridgehead atoms.